The Balaban J connectivity index is 4.30. The molecule has 0 saturated heterocycles. The number of carbonyl (C=O) groups excluding carboxylic acids is 1. The Kier molecular flexibility index (Phi) is 6.57. The standard InChI is InChI=1S/C12H26N2O/c1-6-8-10(4)14(5)12(15)11(13)9(3)7-2/h9-11H,6-8,13H2,1-5H3/t9-,10?,11-/m0/s1. The van der Waals surface area contributed by atoms with Crippen molar-refractivity contribution < 1.29 is 4.79 Å². The summed E-state index contributed by atoms with van der Waals surface area (Å²) in [6, 6.07) is -0.0584. The van der Waals surface area contributed by atoms with Crippen LogP contribution in [-0.4, -0.2) is 29.9 Å². The second-order valence-electron chi connectivity index (χ2n) is 4.50. The van der Waals surface area contributed by atoms with Crippen molar-refractivity contribution in [2.24, 2.45) is 11.7 Å². The molecule has 90 valence electrons. The molecule has 3 nitrogen and oxygen atoms in total. The second kappa shape index (κ2) is 6.83. The lowest BCUT2D eigenvalue weighted by Gasteiger charge is -2.29. The van der Waals surface area contributed by atoms with Crippen LogP contribution >= 0.6 is 0 Å². The Morgan fingerprint density at radius 2 is 1.87 bits per heavy atom. The molecule has 0 aliphatic carbocycles. The average molecular weight is 214 g/mol. The van der Waals surface area contributed by atoms with E-state index in [0.29, 0.717) is 0 Å². The molecule has 0 spiro atoms. The van der Waals surface area contributed by atoms with Crippen LogP contribution in [0.15, 0.2) is 0 Å². The van der Waals surface area contributed by atoms with Gasteiger partial charge in [-0.2, -0.15) is 0 Å². The van der Waals surface area contributed by atoms with Crippen LogP contribution in [0.1, 0.15) is 47.0 Å². The van der Waals surface area contributed by atoms with Crippen LogP contribution in [0.2, 0.25) is 0 Å². The number of nitrogens with zero attached hydrogens (tertiary/aromatic N) is 1. The van der Waals surface area contributed by atoms with E-state index in [1.807, 2.05) is 14.0 Å². The van der Waals surface area contributed by atoms with Gasteiger partial charge in [0.25, 0.3) is 0 Å². The van der Waals surface area contributed by atoms with E-state index in [4.69, 9.17) is 5.73 Å². The van der Waals surface area contributed by atoms with Crippen LogP contribution in [0.4, 0.5) is 0 Å². The summed E-state index contributed by atoms with van der Waals surface area (Å²) in [5.74, 6) is 0.332. The summed E-state index contributed by atoms with van der Waals surface area (Å²) >= 11 is 0. The van der Waals surface area contributed by atoms with E-state index in [1.165, 1.54) is 0 Å². The van der Waals surface area contributed by atoms with Crippen LogP contribution < -0.4 is 5.73 Å². The molecule has 0 rings (SSSR count). The fraction of sp³-hybridized carbons (Fsp3) is 0.917. The van der Waals surface area contributed by atoms with Gasteiger partial charge in [0.05, 0.1) is 6.04 Å². The van der Waals surface area contributed by atoms with E-state index in [0.717, 1.165) is 19.3 Å². The molecule has 0 fully saturated rings. The molecule has 0 radical (unpaired) electrons. The number of likely N-dealkylation sites (N-methyl/N-ethyl adjacent to an activating group) is 1. The zero-order valence-corrected chi connectivity index (χ0v) is 10.8. The first kappa shape index (κ1) is 14.4. The minimum Gasteiger partial charge on any atom is -0.342 e. The Bertz CT molecular complexity index is 194. The van der Waals surface area contributed by atoms with Gasteiger partial charge in [-0.05, 0) is 19.3 Å². The summed E-state index contributed by atoms with van der Waals surface area (Å²) in [5, 5.41) is 0. The Hall–Kier alpha value is -0.570. The summed E-state index contributed by atoms with van der Waals surface area (Å²) in [6.45, 7) is 8.29. The van der Waals surface area contributed by atoms with E-state index in [2.05, 4.69) is 20.8 Å². The molecule has 0 aromatic heterocycles. The van der Waals surface area contributed by atoms with Crippen molar-refractivity contribution in [2.45, 2.75) is 59.0 Å². The quantitative estimate of drug-likeness (QED) is 0.735. The number of amides is 1. The average Bonchev–Trinajstić information content (AvgIpc) is 2.25. The van der Waals surface area contributed by atoms with Crippen molar-refractivity contribution in [3.8, 4) is 0 Å². The zero-order valence-electron chi connectivity index (χ0n) is 10.8. The maximum Gasteiger partial charge on any atom is 0.239 e. The molecule has 0 saturated carbocycles. The highest BCUT2D eigenvalue weighted by Crippen LogP contribution is 2.11. The minimum absolute atomic E-state index is 0.0744. The van der Waals surface area contributed by atoms with Gasteiger partial charge < -0.3 is 10.6 Å². The highest BCUT2D eigenvalue weighted by Gasteiger charge is 2.24. The van der Waals surface area contributed by atoms with Crippen molar-refractivity contribution in [1.29, 1.82) is 0 Å². The predicted molar refractivity (Wildman–Crippen MR) is 64.6 cm³/mol. The maximum atomic E-state index is 12.0. The van der Waals surface area contributed by atoms with E-state index in [1.54, 1.807) is 4.90 Å². The van der Waals surface area contributed by atoms with Crippen molar-refractivity contribution in [3.63, 3.8) is 0 Å². The van der Waals surface area contributed by atoms with Gasteiger partial charge in [0.2, 0.25) is 5.91 Å². The predicted octanol–water partition coefficient (Wildman–Crippen LogP) is 2.01. The third-order valence-corrected chi connectivity index (χ3v) is 3.26. The largest absolute Gasteiger partial charge is 0.342 e. The number of hydrogen-bond donors (Lipinski definition) is 1. The molecule has 3 atom stereocenters. The fourth-order valence-corrected chi connectivity index (χ4v) is 1.56. The van der Waals surface area contributed by atoms with Crippen molar-refractivity contribution in [2.75, 3.05) is 7.05 Å². The number of rotatable bonds is 6. The zero-order chi connectivity index (χ0) is 12.0. The summed E-state index contributed by atoms with van der Waals surface area (Å²) in [4.78, 5) is 13.8. The lowest BCUT2D eigenvalue weighted by molar-refractivity contribution is -0.134. The molecule has 0 heterocycles. The van der Waals surface area contributed by atoms with Gasteiger partial charge in [-0.3, -0.25) is 4.79 Å². The molecule has 0 aliphatic rings. The maximum absolute atomic E-state index is 12.0. The van der Waals surface area contributed by atoms with Gasteiger partial charge in [-0.1, -0.05) is 33.6 Å². The summed E-state index contributed by atoms with van der Waals surface area (Å²) in [5.41, 5.74) is 5.91. The Labute approximate surface area is 94.0 Å². The number of hydrogen-bond acceptors (Lipinski definition) is 2. The third kappa shape index (κ3) is 4.20. The van der Waals surface area contributed by atoms with Crippen LogP contribution in [0.25, 0.3) is 0 Å². The molecule has 0 aromatic carbocycles. The normalized spacial score (nSPS) is 16.9. The smallest absolute Gasteiger partial charge is 0.239 e. The van der Waals surface area contributed by atoms with Crippen LogP contribution in [0, 0.1) is 5.92 Å². The molecule has 0 aromatic rings. The molecule has 3 heteroatoms. The van der Waals surface area contributed by atoms with E-state index in [-0.39, 0.29) is 23.9 Å². The highest BCUT2D eigenvalue weighted by molar-refractivity contribution is 5.81. The summed E-state index contributed by atoms with van der Waals surface area (Å²) in [7, 11) is 1.85. The van der Waals surface area contributed by atoms with Crippen LogP contribution in [0.5, 0.6) is 0 Å². The Morgan fingerprint density at radius 3 is 2.27 bits per heavy atom. The topological polar surface area (TPSA) is 46.3 Å². The van der Waals surface area contributed by atoms with Gasteiger partial charge in [0.1, 0.15) is 0 Å². The molecule has 0 aliphatic heterocycles. The van der Waals surface area contributed by atoms with Crippen LogP contribution in [0.3, 0.4) is 0 Å². The van der Waals surface area contributed by atoms with Gasteiger partial charge in [0, 0.05) is 13.1 Å². The van der Waals surface area contributed by atoms with E-state index in [9.17, 15) is 4.79 Å². The molecule has 2 N–H and O–H groups in total. The lowest BCUT2D eigenvalue weighted by Crippen LogP contribution is -2.48. The van der Waals surface area contributed by atoms with E-state index < -0.39 is 0 Å². The molecular weight excluding hydrogens is 188 g/mol. The third-order valence-electron chi connectivity index (χ3n) is 3.26. The fourth-order valence-electron chi connectivity index (χ4n) is 1.56. The molecule has 1 amide bonds. The van der Waals surface area contributed by atoms with Crippen LogP contribution in [-0.2, 0) is 4.79 Å². The molecule has 1 unspecified atom stereocenters. The summed E-state index contributed by atoms with van der Waals surface area (Å²) < 4.78 is 0. The number of nitrogens with two attached hydrogens (primary N) is 1. The lowest BCUT2D eigenvalue weighted by atomic mass is 9.98. The second-order valence-corrected chi connectivity index (χ2v) is 4.50. The van der Waals surface area contributed by atoms with Gasteiger partial charge in [-0.15, -0.1) is 0 Å². The van der Waals surface area contributed by atoms with Gasteiger partial charge >= 0.3 is 0 Å². The Morgan fingerprint density at radius 1 is 1.33 bits per heavy atom. The highest BCUT2D eigenvalue weighted by atomic mass is 16.2. The number of carbonyl (C=O) groups is 1. The summed E-state index contributed by atoms with van der Waals surface area (Å²) in [6.07, 6.45) is 3.08. The van der Waals surface area contributed by atoms with Gasteiger partial charge in [0.15, 0.2) is 0 Å². The first-order valence-electron chi connectivity index (χ1n) is 5.97. The van der Waals surface area contributed by atoms with E-state index >= 15 is 0 Å². The molecular formula is C12H26N2O. The SMILES string of the molecule is CCCC(C)N(C)C(=O)[C@@H](N)[C@@H](C)CC. The molecule has 0 bridgehead atoms. The van der Waals surface area contributed by atoms with Crippen molar-refractivity contribution in [3.05, 3.63) is 0 Å². The monoisotopic (exact) mass is 214 g/mol. The van der Waals surface area contributed by atoms with Crippen molar-refractivity contribution in [1.82, 2.24) is 4.90 Å². The van der Waals surface area contributed by atoms with Crippen molar-refractivity contribution >= 4 is 5.91 Å². The first-order valence-corrected chi connectivity index (χ1v) is 5.97. The molecule has 15 heavy (non-hydrogen) atoms. The first-order chi connectivity index (χ1) is 6.95. The van der Waals surface area contributed by atoms with Gasteiger partial charge in [-0.25, -0.2) is 0 Å². The minimum atomic E-state index is -0.348.